The topological polar surface area (TPSA) is 58.1 Å². The number of anilines is 2. The molecule has 1 fully saturated rings. The molecule has 1 amide bonds. The van der Waals surface area contributed by atoms with Crippen LogP contribution in [0.4, 0.5) is 11.4 Å². The molecular formula is C22H23IN4O. The first-order valence-electron chi connectivity index (χ1n) is 9.63. The Balaban J connectivity index is 1.81. The zero-order chi connectivity index (χ0) is 19.7. The van der Waals surface area contributed by atoms with Gasteiger partial charge in [0.25, 0.3) is 5.91 Å². The van der Waals surface area contributed by atoms with Crippen molar-refractivity contribution in [3.8, 4) is 0 Å². The second-order valence-corrected chi connectivity index (χ2v) is 8.59. The minimum atomic E-state index is 0.0372. The molecule has 0 radical (unpaired) electrons. The molecule has 1 aromatic carbocycles. The first kappa shape index (κ1) is 19.1. The van der Waals surface area contributed by atoms with E-state index in [1.54, 1.807) is 6.20 Å². The minimum absolute atomic E-state index is 0.0372. The van der Waals surface area contributed by atoms with Crippen molar-refractivity contribution in [2.75, 3.05) is 11.9 Å². The number of hydrogen-bond acceptors (Lipinski definition) is 4. The highest BCUT2D eigenvalue weighted by molar-refractivity contribution is 14.1. The van der Waals surface area contributed by atoms with Gasteiger partial charge in [0.15, 0.2) is 5.65 Å². The van der Waals surface area contributed by atoms with Gasteiger partial charge in [-0.05, 0) is 92.1 Å². The highest BCUT2D eigenvalue weighted by atomic mass is 127. The van der Waals surface area contributed by atoms with Crippen molar-refractivity contribution in [3.63, 3.8) is 0 Å². The molecule has 1 aliphatic heterocycles. The summed E-state index contributed by atoms with van der Waals surface area (Å²) >= 11 is 2.29. The van der Waals surface area contributed by atoms with Crippen molar-refractivity contribution in [2.24, 2.45) is 0 Å². The van der Waals surface area contributed by atoms with E-state index in [0.29, 0.717) is 11.2 Å². The van der Waals surface area contributed by atoms with E-state index >= 15 is 0 Å². The van der Waals surface area contributed by atoms with Crippen LogP contribution < -0.4 is 5.32 Å². The third-order valence-electron chi connectivity index (χ3n) is 5.28. The maximum Gasteiger partial charge on any atom is 0.257 e. The lowest BCUT2D eigenvalue weighted by Crippen LogP contribution is -2.42. The standard InChI is InChI=1S/C22H23IN4O/c1-14-6-11-18-20(26-17-9-7-16(23)8-10-17)19(13-24-21(18)25-14)22(28)27-12-4-3-5-15(27)2/h6-11,13,15H,3-5,12H2,1-2H3,(H,24,25,26)/t15-/m1/s1. The molecule has 0 bridgehead atoms. The lowest BCUT2D eigenvalue weighted by molar-refractivity contribution is 0.0636. The van der Waals surface area contributed by atoms with Crippen LogP contribution in [0.3, 0.4) is 0 Å². The van der Waals surface area contributed by atoms with Crippen LogP contribution in [0.5, 0.6) is 0 Å². The van der Waals surface area contributed by atoms with Crippen molar-refractivity contribution in [1.82, 2.24) is 14.9 Å². The summed E-state index contributed by atoms with van der Waals surface area (Å²) in [6, 6.07) is 12.3. The second kappa shape index (κ2) is 8.03. The number of pyridine rings is 2. The van der Waals surface area contributed by atoms with Gasteiger partial charge in [0, 0.05) is 39.1 Å². The summed E-state index contributed by atoms with van der Waals surface area (Å²) in [6.45, 7) is 4.87. The van der Waals surface area contributed by atoms with Gasteiger partial charge in [-0.2, -0.15) is 0 Å². The Morgan fingerprint density at radius 2 is 1.96 bits per heavy atom. The number of aryl methyl sites for hydroxylation is 1. The Morgan fingerprint density at radius 3 is 2.71 bits per heavy atom. The zero-order valence-electron chi connectivity index (χ0n) is 16.1. The molecule has 0 aliphatic carbocycles. The number of hydrogen-bond donors (Lipinski definition) is 1. The smallest absolute Gasteiger partial charge is 0.257 e. The minimum Gasteiger partial charge on any atom is -0.354 e. The summed E-state index contributed by atoms with van der Waals surface area (Å²) < 4.78 is 1.17. The van der Waals surface area contributed by atoms with Crippen molar-refractivity contribution in [2.45, 2.75) is 39.2 Å². The Morgan fingerprint density at radius 1 is 1.18 bits per heavy atom. The van der Waals surface area contributed by atoms with Crippen LogP contribution in [0.25, 0.3) is 11.0 Å². The second-order valence-electron chi connectivity index (χ2n) is 7.35. The van der Waals surface area contributed by atoms with Gasteiger partial charge in [-0.25, -0.2) is 9.97 Å². The highest BCUT2D eigenvalue weighted by Gasteiger charge is 2.27. The average molecular weight is 486 g/mol. The molecule has 0 saturated carbocycles. The Hall–Kier alpha value is -2.22. The first-order valence-corrected chi connectivity index (χ1v) is 10.7. The molecule has 6 heteroatoms. The summed E-state index contributed by atoms with van der Waals surface area (Å²) in [4.78, 5) is 24.4. The molecule has 0 unspecified atom stereocenters. The molecule has 1 atom stereocenters. The molecule has 144 valence electrons. The van der Waals surface area contributed by atoms with Gasteiger partial charge in [-0.15, -0.1) is 0 Å². The van der Waals surface area contributed by atoms with Gasteiger partial charge in [0.2, 0.25) is 0 Å². The molecule has 28 heavy (non-hydrogen) atoms. The number of piperidine rings is 1. The van der Waals surface area contributed by atoms with Crippen LogP contribution in [0.2, 0.25) is 0 Å². The summed E-state index contributed by atoms with van der Waals surface area (Å²) in [5, 5.41) is 4.33. The fourth-order valence-corrected chi connectivity index (χ4v) is 4.06. The number of benzene rings is 1. The third-order valence-corrected chi connectivity index (χ3v) is 6.00. The predicted molar refractivity (Wildman–Crippen MR) is 121 cm³/mol. The quantitative estimate of drug-likeness (QED) is 0.511. The number of halogens is 1. The number of carbonyl (C=O) groups is 1. The normalized spacial score (nSPS) is 17.0. The fourth-order valence-electron chi connectivity index (χ4n) is 3.70. The monoisotopic (exact) mass is 486 g/mol. The van der Waals surface area contributed by atoms with E-state index in [-0.39, 0.29) is 11.9 Å². The summed E-state index contributed by atoms with van der Waals surface area (Å²) in [5.41, 5.74) is 3.88. The van der Waals surface area contributed by atoms with Crippen molar-refractivity contribution in [1.29, 1.82) is 0 Å². The van der Waals surface area contributed by atoms with E-state index in [4.69, 9.17) is 0 Å². The Labute approximate surface area is 178 Å². The van der Waals surface area contributed by atoms with Crippen LogP contribution in [-0.2, 0) is 0 Å². The number of amides is 1. The molecule has 1 saturated heterocycles. The Bertz CT molecular complexity index is 1020. The zero-order valence-corrected chi connectivity index (χ0v) is 18.2. The summed E-state index contributed by atoms with van der Waals surface area (Å²) in [5.74, 6) is 0.0372. The average Bonchev–Trinajstić information content (AvgIpc) is 2.69. The molecule has 4 rings (SSSR count). The van der Waals surface area contributed by atoms with Crippen LogP contribution in [0.15, 0.2) is 42.6 Å². The molecule has 5 nitrogen and oxygen atoms in total. The maximum atomic E-state index is 13.4. The van der Waals surface area contributed by atoms with Crippen LogP contribution in [-0.4, -0.2) is 33.4 Å². The summed E-state index contributed by atoms with van der Waals surface area (Å²) in [6.07, 6.45) is 4.95. The van der Waals surface area contributed by atoms with Gasteiger partial charge < -0.3 is 10.2 Å². The number of likely N-dealkylation sites (tertiary alicyclic amines) is 1. The fraction of sp³-hybridized carbons (Fsp3) is 0.318. The SMILES string of the molecule is Cc1ccc2c(Nc3ccc(I)cc3)c(C(=O)N3CCCC[C@H]3C)cnc2n1. The van der Waals surface area contributed by atoms with E-state index < -0.39 is 0 Å². The van der Waals surface area contributed by atoms with E-state index in [1.807, 2.05) is 48.2 Å². The molecule has 1 aliphatic rings. The number of nitrogens with zero attached hydrogens (tertiary/aromatic N) is 3. The van der Waals surface area contributed by atoms with Crippen LogP contribution in [0, 0.1) is 10.5 Å². The van der Waals surface area contributed by atoms with Crippen molar-refractivity contribution < 1.29 is 4.79 Å². The van der Waals surface area contributed by atoms with Gasteiger partial charge in [0.1, 0.15) is 0 Å². The van der Waals surface area contributed by atoms with Gasteiger partial charge in [-0.1, -0.05) is 0 Å². The van der Waals surface area contributed by atoms with Crippen LogP contribution >= 0.6 is 22.6 Å². The molecule has 1 N–H and O–H groups in total. The van der Waals surface area contributed by atoms with E-state index in [2.05, 4.69) is 44.8 Å². The highest BCUT2D eigenvalue weighted by Crippen LogP contribution is 2.31. The van der Waals surface area contributed by atoms with Crippen LogP contribution in [0.1, 0.15) is 42.2 Å². The largest absolute Gasteiger partial charge is 0.354 e. The third kappa shape index (κ3) is 3.83. The van der Waals surface area contributed by atoms with E-state index in [1.165, 1.54) is 9.99 Å². The molecule has 0 spiro atoms. The molecule has 3 aromatic rings. The number of fused-ring (bicyclic) bond motifs is 1. The van der Waals surface area contributed by atoms with Gasteiger partial charge in [-0.3, -0.25) is 4.79 Å². The number of aromatic nitrogens is 2. The maximum absolute atomic E-state index is 13.4. The lowest BCUT2D eigenvalue weighted by atomic mass is 10.0. The van der Waals surface area contributed by atoms with Gasteiger partial charge >= 0.3 is 0 Å². The first-order chi connectivity index (χ1) is 13.5. The number of nitrogens with one attached hydrogen (secondary N) is 1. The molecular weight excluding hydrogens is 463 g/mol. The lowest BCUT2D eigenvalue weighted by Gasteiger charge is -2.34. The van der Waals surface area contributed by atoms with Crippen molar-refractivity contribution in [3.05, 3.63) is 57.4 Å². The molecule has 3 heterocycles. The van der Waals surface area contributed by atoms with E-state index in [9.17, 15) is 4.79 Å². The van der Waals surface area contributed by atoms with Gasteiger partial charge in [0.05, 0.1) is 11.3 Å². The van der Waals surface area contributed by atoms with Crippen molar-refractivity contribution >= 4 is 50.9 Å². The Kier molecular flexibility index (Phi) is 5.48. The number of rotatable bonds is 3. The van der Waals surface area contributed by atoms with E-state index in [0.717, 1.165) is 41.8 Å². The number of carbonyl (C=O) groups excluding carboxylic acids is 1. The summed E-state index contributed by atoms with van der Waals surface area (Å²) in [7, 11) is 0. The predicted octanol–water partition coefficient (Wildman–Crippen LogP) is 5.30. The molecule has 2 aromatic heterocycles.